The van der Waals surface area contributed by atoms with Gasteiger partial charge in [0, 0.05) is 19.3 Å². The SMILES string of the molecule is CCNc1ncc(Br)c(NCC2CCSCC2)n1. The Balaban J connectivity index is 1.92. The zero-order valence-electron chi connectivity index (χ0n) is 10.6. The predicted molar refractivity (Wildman–Crippen MR) is 82.4 cm³/mol. The molecule has 1 saturated heterocycles. The molecule has 0 bridgehead atoms. The van der Waals surface area contributed by atoms with Crippen molar-refractivity contribution < 1.29 is 0 Å². The summed E-state index contributed by atoms with van der Waals surface area (Å²) in [6.45, 7) is 3.88. The van der Waals surface area contributed by atoms with Crippen LogP contribution in [0.2, 0.25) is 0 Å². The molecule has 0 spiro atoms. The van der Waals surface area contributed by atoms with Crippen LogP contribution in [-0.2, 0) is 0 Å². The second-order valence-electron chi connectivity index (χ2n) is 4.36. The maximum atomic E-state index is 4.46. The van der Waals surface area contributed by atoms with Gasteiger partial charge in [0.15, 0.2) is 0 Å². The summed E-state index contributed by atoms with van der Waals surface area (Å²) in [5.41, 5.74) is 0. The minimum absolute atomic E-state index is 0.683. The van der Waals surface area contributed by atoms with Crippen LogP contribution >= 0.6 is 27.7 Å². The summed E-state index contributed by atoms with van der Waals surface area (Å²) in [4.78, 5) is 8.67. The highest BCUT2D eigenvalue weighted by Gasteiger charge is 2.14. The lowest BCUT2D eigenvalue weighted by Crippen LogP contribution is -2.20. The third-order valence-electron chi connectivity index (χ3n) is 2.98. The van der Waals surface area contributed by atoms with Crippen molar-refractivity contribution in [1.29, 1.82) is 0 Å². The van der Waals surface area contributed by atoms with Crippen LogP contribution in [0.15, 0.2) is 10.7 Å². The molecule has 2 rings (SSSR count). The first-order valence-corrected chi connectivity index (χ1v) is 8.32. The molecular weight excluding hydrogens is 312 g/mol. The summed E-state index contributed by atoms with van der Waals surface area (Å²) >= 11 is 5.55. The number of rotatable bonds is 5. The van der Waals surface area contributed by atoms with Crippen molar-refractivity contribution in [2.45, 2.75) is 19.8 Å². The lowest BCUT2D eigenvalue weighted by Gasteiger charge is -2.22. The lowest BCUT2D eigenvalue weighted by atomic mass is 10.0. The fourth-order valence-corrected chi connectivity index (χ4v) is 3.46. The number of anilines is 2. The highest BCUT2D eigenvalue weighted by atomic mass is 79.9. The first kappa shape index (κ1) is 13.9. The van der Waals surface area contributed by atoms with Gasteiger partial charge in [-0.2, -0.15) is 16.7 Å². The monoisotopic (exact) mass is 330 g/mol. The van der Waals surface area contributed by atoms with E-state index >= 15 is 0 Å². The first-order chi connectivity index (χ1) is 8.79. The van der Waals surface area contributed by atoms with Crippen LogP contribution in [0.5, 0.6) is 0 Å². The minimum atomic E-state index is 0.683. The molecule has 0 saturated carbocycles. The van der Waals surface area contributed by atoms with Crippen LogP contribution in [-0.4, -0.2) is 34.6 Å². The Morgan fingerprint density at radius 1 is 1.39 bits per heavy atom. The summed E-state index contributed by atoms with van der Waals surface area (Å²) < 4.78 is 0.925. The van der Waals surface area contributed by atoms with Crippen molar-refractivity contribution in [2.75, 3.05) is 35.2 Å². The molecule has 1 fully saturated rings. The summed E-state index contributed by atoms with van der Waals surface area (Å²) in [5, 5.41) is 6.56. The largest absolute Gasteiger partial charge is 0.369 e. The van der Waals surface area contributed by atoms with Crippen molar-refractivity contribution >= 4 is 39.5 Å². The van der Waals surface area contributed by atoms with Gasteiger partial charge in [-0.15, -0.1) is 0 Å². The van der Waals surface area contributed by atoms with E-state index in [1.165, 1.54) is 24.3 Å². The van der Waals surface area contributed by atoms with E-state index in [2.05, 4.69) is 48.3 Å². The molecule has 18 heavy (non-hydrogen) atoms. The molecule has 1 aliphatic heterocycles. The Bertz CT molecular complexity index is 382. The zero-order valence-corrected chi connectivity index (χ0v) is 13.0. The third-order valence-corrected chi connectivity index (χ3v) is 4.61. The van der Waals surface area contributed by atoms with Gasteiger partial charge >= 0.3 is 0 Å². The maximum Gasteiger partial charge on any atom is 0.224 e. The van der Waals surface area contributed by atoms with Gasteiger partial charge in [-0.25, -0.2) is 4.98 Å². The molecule has 100 valence electrons. The lowest BCUT2D eigenvalue weighted by molar-refractivity contribution is 0.515. The second-order valence-corrected chi connectivity index (χ2v) is 6.44. The zero-order chi connectivity index (χ0) is 12.8. The Morgan fingerprint density at radius 3 is 2.89 bits per heavy atom. The highest BCUT2D eigenvalue weighted by Crippen LogP contribution is 2.25. The van der Waals surface area contributed by atoms with Gasteiger partial charge in [0.25, 0.3) is 0 Å². The van der Waals surface area contributed by atoms with Crippen molar-refractivity contribution in [3.05, 3.63) is 10.7 Å². The van der Waals surface area contributed by atoms with Gasteiger partial charge in [-0.05, 0) is 53.1 Å². The summed E-state index contributed by atoms with van der Waals surface area (Å²) in [6, 6.07) is 0. The highest BCUT2D eigenvalue weighted by molar-refractivity contribution is 9.10. The smallest absolute Gasteiger partial charge is 0.224 e. The van der Waals surface area contributed by atoms with Crippen molar-refractivity contribution in [1.82, 2.24) is 9.97 Å². The molecule has 1 aromatic rings. The Morgan fingerprint density at radius 2 is 2.17 bits per heavy atom. The molecule has 0 radical (unpaired) electrons. The molecule has 6 heteroatoms. The van der Waals surface area contributed by atoms with Crippen LogP contribution in [0.3, 0.4) is 0 Å². The quantitative estimate of drug-likeness (QED) is 0.868. The van der Waals surface area contributed by atoms with Gasteiger partial charge in [-0.3, -0.25) is 0 Å². The van der Waals surface area contributed by atoms with E-state index in [1.807, 2.05) is 6.92 Å². The van der Waals surface area contributed by atoms with E-state index in [-0.39, 0.29) is 0 Å². The van der Waals surface area contributed by atoms with Crippen LogP contribution in [0.1, 0.15) is 19.8 Å². The van der Waals surface area contributed by atoms with Crippen molar-refractivity contribution in [3.8, 4) is 0 Å². The summed E-state index contributed by atoms with van der Waals surface area (Å²) in [7, 11) is 0. The summed E-state index contributed by atoms with van der Waals surface area (Å²) in [6.07, 6.45) is 4.41. The Labute approximate surface area is 121 Å². The molecule has 0 aromatic carbocycles. The average Bonchev–Trinajstić information content (AvgIpc) is 2.41. The Kier molecular flexibility index (Phi) is 5.56. The van der Waals surface area contributed by atoms with Gasteiger partial charge in [-0.1, -0.05) is 0 Å². The average molecular weight is 331 g/mol. The number of nitrogens with zero attached hydrogens (tertiary/aromatic N) is 2. The first-order valence-electron chi connectivity index (χ1n) is 6.37. The molecule has 1 aromatic heterocycles. The number of thioether (sulfide) groups is 1. The third kappa shape index (κ3) is 4.02. The second kappa shape index (κ2) is 7.19. The molecule has 2 N–H and O–H groups in total. The van der Waals surface area contributed by atoms with Crippen LogP contribution in [0, 0.1) is 5.92 Å². The summed E-state index contributed by atoms with van der Waals surface area (Å²) in [5.74, 6) is 4.93. The van der Waals surface area contributed by atoms with Gasteiger partial charge in [0.2, 0.25) is 5.95 Å². The van der Waals surface area contributed by atoms with E-state index < -0.39 is 0 Å². The number of halogens is 1. The molecule has 2 heterocycles. The molecule has 0 aliphatic carbocycles. The number of hydrogen-bond acceptors (Lipinski definition) is 5. The Hall–Kier alpha value is -0.490. The molecule has 0 unspecified atom stereocenters. The van der Waals surface area contributed by atoms with Crippen LogP contribution < -0.4 is 10.6 Å². The predicted octanol–water partition coefficient (Wildman–Crippen LogP) is 3.23. The van der Waals surface area contributed by atoms with E-state index in [9.17, 15) is 0 Å². The van der Waals surface area contributed by atoms with E-state index in [1.54, 1.807) is 6.20 Å². The maximum absolute atomic E-state index is 4.46. The van der Waals surface area contributed by atoms with Gasteiger partial charge in [0.05, 0.1) is 4.47 Å². The standard InChI is InChI=1S/C12H19BrN4S/c1-2-14-12-16-8-10(13)11(17-12)15-7-9-3-5-18-6-4-9/h8-9H,2-7H2,1H3,(H2,14,15,16,17). The van der Waals surface area contributed by atoms with E-state index in [0.29, 0.717) is 5.95 Å². The fourth-order valence-electron chi connectivity index (χ4n) is 1.93. The molecule has 0 atom stereocenters. The van der Waals surface area contributed by atoms with Gasteiger partial charge in [0.1, 0.15) is 5.82 Å². The van der Waals surface area contributed by atoms with Gasteiger partial charge < -0.3 is 10.6 Å². The van der Waals surface area contributed by atoms with E-state index in [0.717, 1.165) is 29.3 Å². The van der Waals surface area contributed by atoms with Crippen molar-refractivity contribution in [2.24, 2.45) is 5.92 Å². The fraction of sp³-hybridized carbons (Fsp3) is 0.667. The molecule has 4 nitrogen and oxygen atoms in total. The normalized spacial score (nSPS) is 16.6. The number of nitrogens with one attached hydrogen (secondary N) is 2. The molecular formula is C12H19BrN4S. The number of hydrogen-bond donors (Lipinski definition) is 2. The minimum Gasteiger partial charge on any atom is -0.369 e. The molecule has 0 amide bonds. The van der Waals surface area contributed by atoms with Crippen LogP contribution in [0.4, 0.5) is 11.8 Å². The van der Waals surface area contributed by atoms with E-state index in [4.69, 9.17) is 0 Å². The van der Waals surface area contributed by atoms with Crippen LogP contribution in [0.25, 0.3) is 0 Å². The topological polar surface area (TPSA) is 49.8 Å². The van der Waals surface area contributed by atoms with Crippen molar-refractivity contribution in [3.63, 3.8) is 0 Å². The number of aromatic nitrogens is 2. The molecule has 1 aliphatic rings.